The van der Waals surface area contributed by atoms with E-state index in [1.807, 2.05) is 18.2 Å². The number of esters is 1. The van der Waals surface area contributed by atoms with Crippen LogP contribution in [0, 0.1) is 17.3 Å². The van der Waals surface area contributed by atoms with E-state index in [1.165, 1.54) is 25.5 Å². The van der Waals surface area contributed by atoms with E-state index in [-0.39, 0.29) is 24.8 Å². The molecule has 4 N–H and O–H groups in total. The van der Waals surface area contributed by atoms with E-state index in [9.17, 15) is 29.7 Å². The van der Waals surface area contributed by atoms with Crippen LogP contribution in [0.3, 0.4) is 0 Å². The van der Waals surface area contributed by atoms with Gasteiger partial charge in [-0.3, -0.25) is 9.59 Å². The molecule has 2 saturated heterocycles. The maximum atomic E-state index is 12.9. The molecule has 0 saturated carbocycles. The number of likely N-dealkylation sites (tertiary alicyclic amines) is 1. The van der Waals surface area contributed by atoms with E-state index in [2.05, 4.69) is 10.3 Å². The van der Waals surface area contributed by atoms with Gasteiger partial charge in [-0.2, -0.15) is 0 Å². The Labute approximate surface area is 282 Å². The molecule has 2 fully saturated rings. The number of nitrogens with one attached hydrogen (secondary N) is 1. The zero-order chi connectivity index (χ0) is 35.9. The molecule has 0 aliphatic carbocycles. The highest BCUT2D eigenvalue weighted by Gasteiger charge is 2.80. The molecular weight excluding hydrogens is 618 g/mol. The summed E-state index contributed by atoms with van der Waals surface area (Å²) in [5.74, 6) is -1.95. The minimum atomic E-state index is -1.86. The fourth-order valence-corrected chi connectivity index (χ4v) is 6.61. The van der Waals surface area contributed by atoms with E-state index < -0.39 is 58.8 Å². The second-order valence-electron chi connectivity index (χ2n) is 13.2. The van der Waals surface area contributed by atoms with Crippen molar-refractivity contribution in [1.29, 1.82) is 0 Å². The van der Waals surface area contributed by atoms with Gasteiger partial charge in [0.1, 0.15) is 17.5 Å². The summed E-state index contributed by atoms with van der Waals surface area (Å²) in [6, 6.07) is 0. The van der Waals surface area contributed by atoms with Gasteiger partial charge in [0.2, 0.25) is 17.4 Å². The largest absolute Gasteiger partial charge is 0.457 e. The predicted octanol–water partition coefficient (Wildman–Crippen LogP) is 2.82. The van der Waals surface area contributed by atoms with Crippen LogP contribution in [0.4, 0.5) is 0 Å². The Morgan fingerprint density at radius 2 is 1.85 bits per heavy atom. The van der Waals surface area contributed by atoms with Crippen LogP contribution in [-0.2, 0) is 30.3 Å². The number of hydrogen-bond donors (Lipinski definition) is 4. The lowest BCUT2D eigenvalue weighted by Gasteiger charge is -2.55. The summed E-state index contributed by atoms with van der Waals surface area (Å²) in [6.45, 7) is 10.3. The molecule has 264 valence electrons. The summed E-state index contributed by atoms with van der Waals surface area (Å²) in [4.78, 5) is 43.7. The van der Waals surface area contributed by atoms with Crippen molar-refractivity contribution in [3.05, 3.63) is 78.6 Å². The topological polar surface area (TPSA) is 172 Å². The van der Waals surface area contributed by atoms with Gasteiger partial charge in [0.05, 0.1) is 35.8 Å². The Morgan fingerprint density at radius 3 is 2.46 bits per heavy atom. The number of carbonyl (C=O) groups excluding carboxylic acids is 3. The lowest BCUT2D eigenvalue weighted by Crippen LogP contribution is -2.80. The number of allylic oxidation sites excluding steroid dienone is 7. The van der Waals surface area contributed by atoms with Gasteiger partial charge in [-0.15, -0.1) is 0 Å². The number of carbonyl (C=O) groups is 3. The number of likely N-dealkylation sites (N-methyl/N-ethyl adjacent to an activating group) is 1. The van der Waals surface area contributed by atoms with Gasteiger partial charge in [0.25, 0.3) is 0 Å². The molecule has 12 nitrogen and oxygen atoms in total. The highest BCUT2D eigenvalue weighted by Crippen LogP contribution is 2.54. The molecule has 1 aromatic rings. The number of cyclic esters (lactones) is 1. The predicted molar refractivity (Wildman–Crippen MR) is 179 cm³/mol. The highest BCUT2D eigenvalue weighted by atomic mass is 16.6. The number of nitrogens with zero attached hydrogens (tertiary/aromatic N) is 2. The number of aromatic nitrogens is 1. The Hall–Kier alpha value is -3.84. The van der Waals surface area contributed by atoms with Crippen molar-refractivity contribution < 1.29 is 43.6 Å². The molecule has 8 atom stereocenters. The molecule has 1 aromatic heterocycles. The van der Waals surface area contributed by atoms with Crippen molar-refractivity contribution in [2.75, 3.05) is 20.7 Å². The minimum absolute atomic E-state index is 0.160. The molecule has 0 radical (unpaired) electrons. The van der Waals surface area contributed by atoms with Crippen molar-refractivity contribution in [1.82, 2.24) is 15.2 Å². The zero-order valence-electron chi connectivity index (χ0n) is 29.1. The normalized spacial score (nSPS) is 27.7. The van der Waals surface area contributed by atoms with E-state index in [0.717, 1.165) is 5.76 Å². The van der Waals surface area contributed by atoms with Crippen LogP contribution in [0.2, 0.25) is 0 Å². The number of oxazole rings is 1. The standard InChI is InChI=1S/C36H51N3O9/c1-23(16-12-9-10-13-17-27-21-37-22-47-27)30(41)34(5,6)32(43)38-19-15-11-14-18-28(40)24(2)20-29(46-8)36(45)25(3)31(42)39(7)35(36)26(4)48-33(35)44/h9-16,18,21-22,24-26,28-30,40-41,45H,17,19-20H2,1-8H3,(H,38,43)/b12-9+,13-10+,15-11+,18-14+,23-16-/t24?,25-,26-,28?,29?,30?,35+,36+/m0/s1. The zero-order valence-corrected chi connectivity index (χ0v) is 29.1. The van der Waals surface area contributed by atoms with Crippen molar-refractivity contribution >= 4 is 17.8 Å². The summed E-state index contributed by atoms with van der Waals surface area (Å²) in [6.07, 6.45) is 16.0. The van der Waals surface area contributed by atoms with E-state index in [4.69, 9.17) is 13.9 Å². The van der Waals surface area contributed by atoms with Gasteiger partial charge in [-0.05, 0) is 45.6 Å². The molecule has 2 aliphatic rings. The summed E-state index contributed by atoms with van der Waals surface area (Å²) >= 11 is 0. The van der Waals surface area contributed by atoms with Gasteiger partial charge in [-0.1, -0.05) is 68.5 Å². The average molecular weight is 670 g/mol. The molecule has 48 heavy (non-hydrogen) atoms. The van der Waals surface area contributed by atoms with Crippen molar-refractivity contribution in [3.63, 3.8) is 0 Å². The van der Waals surface area contributed by atoms with Crippen LogP contribution >= 0.6 is 0 Å². The number of rotatable bonds is 16. The SMILES string of the molecule is COC(CC(C)C(O)/C=C/C=C/CNC(=O)C(C)(C)C(O)\C(C)=C/C=C/C=C/Cc1cnco1)[C@]1(O)[C@@H](C)C(=O)N(C)[C@]12C(=O)O[C@H]2C. The fraction of sp³-hybridized carbons (Fsp3) is 0.556. The summed E-state index contributed by atoms with van der Waals surface area (Å²) in [5.41, 5.74) is -3.87. The first-order chi connectivity index (χ1) is 22.6. The number of methoxy groups -OCH3 is 1. The number of hydrogen-bond acceptors (Lipinski definition) is 10. The van der Waals surface area contributed by atoms with Gasteiger partial charge in [0, 0.05) is 27.1 Å². The van der Waals surface area contributed by atoms with Crippen LogP contribution in [0.15, 0.2) is 77.3 Å². The van der Waals surface area contributed by atoms with Crippen molar-refractivity contribution in [2.24, 2.45) is 17.3 Å². The minimum Gasteiger partial charge on any atom is -0.457 e. The van der Waals surface area contributed by atoms with Crippen LogP contribution < -0.4 is 5.32 Å². The maximum Gasteiger partial charge on any atom is 0.339 e. The molecule has 0 aromatic carbocycles. The fourth-order valence-electron chi connectivity index (χ4n) is 6.61. The molecule has 0 bridgehead atoms. The van der Waals surface area contributed by atoms with Gasteiger partial charge >= 0.3 is 5.97 Å². The summed E-state index contributed by atoms with van der Waals surface area (Å²) < 4.78 is 16.0. The third kappa shape index (κ3) is 7.41. The average Bonchev–Trinajstić information content (AvgIpc) is 3.63. The summed E-state index contributed by atoms with van der Waals surface area (Å²) in [7, 11) is 2.89. The molecule has 12 heteroatoms. The van der Waals surface area contributed by atoms with Crippen LogP contribution in [0.5, 0.6) is 0 Å². The Kier molecular flexibility index (Phi) is 12.9. The Balaban J connectivity index is 1.50. The molecule has 1 spiro atoms. The number of ether oxygens (including phenoxy) is 2. The number of aliphatic hydroxyl groups is 3. The number of amides is 2. The smallest absolute Gasteiger partial charge is 0.339 e. The molecule has 3 rings (SSSR count). The highest BCUT2D eigenvalue weighted by molar-refractivity contribution is 5.99. The first kappa shape index (κ1) is 38.6. The van der Waals surface area contributed by atoms with Crippen molar-refractivity contribution in [3.8, 4) is 0 Å². The lowest BCUT2D eigenvalue weighted by atomic mass is 9.65. The Bertz CT molecular complexity index is 1430. The second-order valence-corrected chi connectivity index (χ2v) is 13.2. The quantitative estimate of drug-likeness (QED) is 0.152. The first-order valence-corrected chi connectivity index (χ1v) is 16.2. The molecule has 3 heterocycles. The lowest BCUT2D eigenvalue weighted by molar-refractivity contribution is -0.255. The van der Waals surface area contributed by atoms with Crippen LogP contribution in [0.25, 0.3) is 0 Å². The molecular formula is C36H51N3O9. The first-order valence-electron chi connectivity index (χ1n) is 16.2. The third-order valence-corrected chi connectivity index (χ3v) is 9.78. The van der Waals surface area contributed by atoms with Gasteiger partial charge < -0.3 is 39.4 Å². The third-order valence-electron chi connectivity index (χ3n) is 9.78. The van der Waals surface area contributed by atoms with Gasteiger partial charge in [0.15, 0.2) is 6.39 Å². The van der Waals surface area contributed by atoms with Gasteiger partial charge in [-0.25, -0.2) is 9.78 Å². The molecule has 2 amide bonds. The maximum absolute atomic E-state index is 12.9. The van der Waals surface area contributed by atoms with E-state index >= 15 is 0 Å². The molecule has 4 unspecified atom stereocenters. The van der Waals surface area contributed by atoms with Crippen molar-refractivity contribution in [2.45, 2.75) is 89.9 Å². The second kappa shape index (κ2) is 16.0. The monoisotopic (exact) mass is 669 g/mol. The number of aliphatic hydroxyl groups excluding tert-OH is 2. The van der Waals surface area contributed by atoms with Crippen LogP contribution in [0.1, 0.15) is 53.7 Å². The van der Waals surface area contributed by atoms with Crippen LogP contribution in [-0.4, -0.2) is 99.2 Å². The van der Waals surface area contributed by atoms with E-state index in [1.54, 1.807) is 84.2 Å². The summed E-state index contributed by atoms with van der Waals surface area (Å²) in [5, 5.41) is 36.5. The molecule has 2 aliphatic heterocycles. The Morgan fingerprint density at radius 1 is 1.17 bits per heavy atom. The van der Waals surface area contributed by atoms with E-state index in [0.29, 0.717) is 12.0 Å².